The number of benzene rings is 2. The first-order valence-corrected chi connectivity index (χ1v) is 8.46. The highest BCUT2D eigenvalue weighted by Crippen LogP contribution is 2.34. The van der Waals surface area contributed by atoms with E-state index in [4.69, 9.17) is 11.6 Å². The van der Waals surface area contributed by atoms with Gasteiger partial charge in [-0.2, -0.15) is 0 Å². The van der Waals surface area contributed by atoms with Gasteiger partial charge in [0.2, 0.25) is 0 Å². The van der Waals surface area contributed by atoms with E-state index in [1.807, 2.05) is 30.5 Å². The predicted molar refractivity (Wildman–Crippen MR) is 89.4 cm³/mol. The van der Waals surface area contributed by atoms with Gasteiger partial charge in [0, 0.05) is 14.9 Å². The minimum atomic E-state index is -0.416. The maximum atomic E-state index is 14.0. The van der Waals surface area contributed by atoms with E-state index in [2.05, 4.69) is 25.9 Å². The molecule has 2 aromatic carbocycles. The molecule has 0 aliphatic heterocycles. The number of fused-ring (bicyclic) bond motifs is 1. The quantitative estimate of drug-likeness (QED) is 0.427. The van der Waals surface area contributed by atoms with Crippen LogP contribution in [0.25, 0.3) is 22.3 Å². The van der Waals surface area contributed by atoms with Crippen LogP contribution in [0.2, 0.25) is 5.15 Å². The van der Waals surface area contributed by atoms with Gasteiger partial charge in [-0.3, -0.25) is 0 Å². The third-order valence-electron chi connectivity index (χ3n) is 3.05. The lowest BCUT2D eigenvalue weighted by atomic mass is 10.2. The molecule has 0 fully saturated rings. The molecule has 21 heavy (non-hydrogen) atoms. The van der Waals surface area contributed by atoms with E-state index in [1.54, 1.807) is 17.8 Å². The van der Waals surface area contributed by atoms with Crippen molar-refractivity contribution in [3.05, 3.63) is 51.8 Å². The van der Waals surface area contributed by atoms with Gasteiger partial charge in [0.05, 0.1) is 5.39 Å². The van der Waals surface area contributed by atoms with Gasteiger partial charge in [-0.15, -0.1) is 11.8 Å². The summed E-state index contributed by atoms with van der Waals surface area (Å²) in [6.07, 6.45) is 1.97. The first-order valence-electron chi connectivity index (χ1n) is 6.06. The third kappa shape index (κ3) is 2.65. The molecule has 0 spiro atoms. The highest BCUT2D eigenvalue weighted by atomic mass is 79.9. The van der Waals surface area contributed by atoms with Gasteiger partial charge in [0.1, 0.15) is 16.5 Å². The Balaban J connectivity index is 2.33. The van der Waals surface area contributed by atoms with Gasteiger partial charge in [0.15, 0.2) is 5.82 Å². The summed E-state index contributed by atoms with van der Waals surface area (Å²) in [6.45, 7) is 0. The van der Waals surface area contributed by atoms with E-state index >= 15 is 0 Å². The minimum absolute atomic E-state index is 0.218. The number of hydrogen-bond acceptors (Lipinski definition) is 3. The van der Waals surface area contributed by atoms with Crippen molar-refractivity contribution in [1.29, 1.82) is 0 Å². The summed E-state index contributed by atoms with van der Waals surface area (Å²) < 4.78 is 14.7. The lowest BCUT2D eigenvalue weighted by Crippen LogP contribution is -1.96. The van der Waals surface area contributed by atoms with Crippen LogP contribution in [0.4, 0.5) is 4.39 Å². The van der Waals surface area contributed by atoms with Crippen LogP contribution in [0, 0.1) is 5.82 Å². The second kappa shape index (κ2) is 5.91. The molecule has 106 valence electrons. The molecule has 2 nitrogen and oxygen atoms in total. The summed E-state index contributed by atoms with van der Waals surface area (Å²) in [7, 11) is 0. The Morgan fingerprint density at radius 2 is 1.90 bits per heavy atom. The van der Waals surface area contributed by atoms with Crippen molar-refractivity contribution in [2.24, 2.45) is 0 Å². The van der Waals surface area contributed by atoms with Gasteiger partial charge in [0.25, 0.3) is 0 Å². The summed E-state index contributed by atoms with van der Waals surface area (Å²) in [6, 6.07) is 10.7. The zero-order valence-electron chi connectivity index (χ0n) is 10.9. The van der Waals surface area contributed by atoms with Crippen LogP contribution in [-0.4, -0.2) is 16.2 Å². The molecule has 3 rings (SSSR count). The van der Waals surface area contributed by atoms with Crippen molar-refractivity contribution in [3.63, 3.8) is 0 Å². The molecule has 0 aliphatic rings. The van der Waals surface area contributed by atoms with Crippen LogP contribution in [0.15, 0.2) is 45.8 Å². The Hall–Kier alpha value is -1.17. The fourth-order valence-electron chi connectivity index (χ4n) is 2.08. The topological polar surface area (TPSA) is 25.8 Å². The first-order chi connectivity index (χ1) is 10.1. The van der Waals surface area contributed by atoms with Crippen molar-refractivity contribution in [1.82, 2.24) is 9.97 Å². The van der Waals surface area contributed by atoms with Crippen molar-refractivity contribution in [2.45, 2.75) is 4.90 Å². The van der Waals surface area contributed by atoms with Crippen LogP contribution in [0.3, 0.4) is 0 Å². The molecule has 1 heterocycles. The molecular weight excluding hydrogens is 375 g/mol. The van der Waals surface area contributed by atoms with Crippen molar-refractivity contribution in [2.75, 3.05) is 6.26 Å². The van der Waals surface area contributed by atoms with Gasteiger partial charge in [-0.25, -0.2) is 14.4 Å². The van der Waals surface area contributed by atoms with E-state index in [1.165, 1.54) is 6.07 Å². The number of aromatic nitrogens is 2. The maximum Gasteiger partial charge on any atom is 0.162 e. The minimum Gasteiger partial charge on any atom is -0.225 e. The SMILES string of the molecule is CSc1ccccc1-c1nc(Cl)c2c(Br)ccc(F)c2n1. The van der Waals surface area contributed by atoms with Crippen LogP contribution in [-0.2, 0) is 0 Å². The molecule has 0 atom stereocenters. The van der Waals surface area contributed by atoms with E-state index in [0.29, 0.717) is 15.7 Å². The fraction of sp³-hybridized carbons (Fsp3) is 0.0667. The first kappa shape index (κ1) is 14.8. The summed E-state index contributed by atoms with van der Waals surface area (Å²) in [5.41, 5.74) is 1.06. The normalized spacial score (nSPS) is 11.0. The Morgan fingerprint density at radius 3 is 2.67 bits per heavy atom. The molecular formula is C15H9BrClFN2S. The van der Waals surface area contributed by atoms with E-state index < -0.39 is 5.82 Å². The number of rotatable bonds is 2. The highest BCUT2D eigenvalue weighted by Gasteiger charge is 2.15. The lowest BCUT2D eigenvalue weighted by molar-refractivity contribution is 0.636. The van der Waals surface area contributed by atoms with Crippen LogP contribution in [0.1, 0.15) is 0 Å². The van der Waals surface area contributed by atoms with E-state index in [-0.39, 0.29) is 10.7 Å². The summed E-state index contributed by atoms with van der Waals surface area (Å²) >= 11 is 11.2. The number of halogens is 3. The Kier molecular flexibility index (Phi) is 4.15. The van der Waals surface area contributed by atoms with Crippen molar-refractivity contribution < 1.29 is 4.39 Å². The second-order valence-electron chi connectivity index (χ2n) is 4.29. The van der Waals surface area contributed by atoms with Crippen LogP contribution < -0.4 is 0 Å². The van der Waals surface area contributed by atoms with Gasteiger partial charge in [-0.1, -0.05) is 29.8 Å². The molecule has 0 saturated carbocycles. The van der Waals surface area contributed by atoms with Crippen molar-refractivity contribution >= 4 is 50.2 Å². The summed E-state index contributed by atoms with van der Waals surface area (Å²) in [4.78, 5) is 9.70. The van der Waals surface area contributed by atoms with Gasteiger partial charge < -0.3 is 0 Å². The largest absolute Gasteiger partial charge is 0.225 e. The Bertz CT molecular complexity index is 841. The second-order valence-corrected chi connectivity index (χ2v) is 6.35. The maximum absolute atomic E-state index is 14.0. The standard InChI is InChI=1S/C15H9BrClFN2S/c1-21-11-5-3-2-4-8(11)15-19-13-10(18)7-6-9(16)12(13)14(17)20-15/h2-7H,1H3. The van der Waals surface area contributed by atoms with Crippen LogP contribution in [0.5, 0.6) is 0 Å². The zero-order chi connectivity index (χ0) is 15.0. The lowest BCUT2D eigenvalue weighted by Gasteiger charge is -2.09. The monoisotopic (exact) mass is 382 g/mol. The molecule has 0 bridgehead atoms. The summed E-state index contributed by atoms with van der Waals surface area (Å²) in [5, 5.41) is 0.722. The average molecular weight is 384 g/mol. The van der Waals surface area contributed by atoms with Gasteiger partial charge >= 0.3 is 0 Å². The molecule has 1 aromatic heterocycles. The fourth-order valence-corrected chi connectivity index (χ4v) is 3.56. The number of hydrogen-bond donors (Lipinski definition) is 0. The van der Waals surface area contributed by atoms with Crippen molar-refractivity contribution in [3.8, 4) is 11.4 Å². The summed E-state index contributed by atoms with van der Waals surface area (Å²) in [5.74, 6) is 0.00910. The molecule has 0 unspecified atom stereocenters. The zero-order valence-corrected chi connectivity index (χ0v) is 14.1. The molecule has 6 heteroatoms. The molecule has 0 amide bonds. The smallest absolute Gasteiger partial charge is 0.162 e. The predicted octanol–water partition coefficient (Wildman–Crippen LogP) is 5.57. The third-order valence-corrected chi connectivity index (χ3v) is 4.78. The molecule has 0 N–H and O–H groups in total. The van der Waals surface area contributed by atoms with Crippen LogP contribution >= 0.6 is 39.3 Å². The molecule has 0 saturated heterocycles. The molecule has 0 radical (unpaired) electrons. The molecule has 3 aromatic rings. The van der Waals surface area contributed by atoms with E-state index in [0.717, 1.165) is 10.5 Å². The Labute approximate surface area is 138 Å². The molecule has 0 aliphatic carbocycles. The number of nitrogens with zero attached hydrogens (tertiary/aromatic N) is 2. The van der Waals surface area contributed by atoms with E-state index in [9.17, 15) is 4.39 Å². The number of thioether (sulfide) groups is 1. The average Bonchev–Trinajstić information content (AvgIpc) is 2.50. The van der Waals surface area contributed by atoms with Gasteiger partial charge in [-0.05, 0) is 40.4 Å². The highest BCUT2D eigenvalue weighted by molar-refractivity contribution is 9.10. The Morgan fingerprint density at radius 1 is 1.14 bits per heavy atom.